The Morgan fingerprint density at radius 1 is 0.441 bits per heavy atom. The van der Waals surface area contributed by atoms with E-state index in [0.29, 0.717) is 0 Å². The molecule has 0 aliphatic carbocycles. The average molecular weight is 445 g/mol. The van der Waals surface area contributed by atoms with Crippen LogP contribution in [0.2, 0.25) is 0 Å². The third kappa shape index (κ3) is 3.72. The summed E-state index contributed by atoms with van der Waals surface area (Å²) in [6.07, 6.45) is 0. The molecule has 2 nitrogen and oxygen atoms in total. The molecule has 0 aliphatic heterocycles. The van der Waals surface area contributed by atoms with Gasteiger partial charge >= 0.3 is 0 Å². The number of aryl methyl sites for hydroxylation is 2. The van der Waals surface area contributed by atoms with Gasteiger partial charge in [-0.2, -0.15) is 0 Å². The summed E-state index contributed by atoms with van der Waals surface area (Å²) in [5.41, 5.74) is 2.40. The molecule has 0 N–H and O–H groups in total. The highest BCUT2D eigenvalue weighted by atomic mass is 16.5. The lowest BCUT2D eigenvalue weighted by molar-refractivity contribution is 0.487. The summed E-state index contributed by atoms with van der Waals surface area (Å²) in [6.45, 7) is 8.30. The number of ether oxygens (including phenoxy) is 2. The van der Waals surface area contributed by atoms with Crippen LogP contribution < -0.4 is 9.47 Å². The fourth-order valence-corrected chi connectivity index (χ4v) is 4.67. The van der Waals surface area contributed by atoms with Crippen molar-refractivity contribution in [3.05, 3.63) is 108 Å². The molecule has 6 aromatic carbocycles. The first-order valence-corrected chi connectivity index (χ1v) is 11.9. The highest BCUT2D eigenvalue weighted by Crippen LogP contribution is 2.45. The molecular weight excluding hydrogens is 416 g/mol. The van der Waals surface area contributed by atoms with Crippen LogP contribution >= 0.6 is 0 Å². The van der Waals surface area contributed by atoms with Gasteiger partial charge < -0.3 is 9.47 Å². The van der Waals surface area contributed by atoms with Crippen LogP contribution in [0.4, 0.5) is 0 Å². The number of hydrogen-bond donors (Lipinski definition) is 0. The fourth-order valence-electron chi connectivity index (χ4n) is 4.67. The predicted octanol–water partition coefficient (Wildman–Crippen LogP) is 9.81. The van der Waals surface area contributed by atoms with Gasteiger partial charge in [-0.05, 0) is 84.3 Å². The van der Waals surface area contributed by atoms with E-state index in [0.717, 1.165) is 33.8 Å². The van der Waals surface area contributed by atoms with Crippen molar-refractivity contribution < 1.29 is 9.47 Å². The van der Waals surface area contributed by atoms with Crippen molar-refractivity contribution in [1.82, 2.24) is 0 Å². The third-order valence-corrected chi connectivity index (χ3v) is 6.18. The minimum absolute atomic E-state index is 0.839. The Labute approximate surface area is 200 Å². The maximum absolute atomic E-state index is 6.34. The highest BCUT2D eigenvalue weighted by Gasteiger charge is 2.18. The number of rotatable bonds is 4. The molecule has 0 unspecified atom stereocenters. The van der Waals surface area contributed by atoms with Crippen molar-refractivity contribution in [2.45, 2.75) is 27.7 Å². The van der Waals surface area contributed by atoms with Gasteiger partial charge in [-0.25, -0.2) is 0 Å². The van der Waals surface area contributed by atoms with E-state index in [-0.39, 0.29) is 0 Å². The average Bonchev–Trinajstić information content (AvgIpc) is 2.88. The van der Waals surface area contributed by atoms with E-state index < -0.39 is 0 Å². The van der Waals surface area contributed by atoms with Crippen molar-refractivity contribution in [3.8, 4) is 23.0 Å². The first-order valence-electron chi connectivity index (χ1n) is 11.9. The van der Waals surface area contributed by atoms with Gasteiger partial charge in [0.05, 0.1) is 0 Å². The third-order valence-electron chi connectivity index (χ3n) is 6.18. The standard InChI is InChI=1S/C30H22O2.C2H6/c1-19-17-27(31-21-9-5-3-6-10-21)25-16-14-24-20(2)18-28(32-22-11-7-4-8-12-22)26-15-13-23(19)29(25)30(24)26;1-2/h3-18H,1-2H3;1-2H3. The van der Waals surface area contributed by atoms with E-state index in [2.05, 4.69) is 50.2 Å². The zero-order valence-electron chi connectivity index (χ0n) is 20.1. The summed E-state index contributed by atoms with van der Waals surface area (Å²) >= 11 is 0. The van der Waals surface area contributed by atoms with Gasteiger partial charge in [0.25, 0.3) is 0 Å². The number of hydrogen-bond acceptors (Lipinski definition) is 2. The Morgan fingerprint density at radius 2 is 0.794 bits per heavy atom. The van der Waals surface area contributed by atoms with Gasteiger partial charge in [0.1, 0.15) is 23.0 Å². The van der Waals surface area contributed by atoms with Gasteiger partial charge in [-0.1, -0.05) is 62.4 Å². The molecule has 0 heterocycles. The van der Waals surface area contributed by atoms with E-state index in [1.165, 1.54) is 32.7 Å². The minimum Gasteiger partial charge on any atom is -0.457 e. The Kier molecular flexibility index (Phi) is 5.81. The molecule has 0 saturated carbocycles. The molecule has 0 atom stereocenters. The Balaban J connectivity index is 0.00000117. The van der Waals surface area contributed by atoms with Gasteiger partial charge in [-0.3, -0.25) is 0 Å². The van der Waals surface area contributed by atoms with Crippen LogP contribution in [0.3, 0.4) is 0 Å². The molecule has 0 radical (unpaired) electrons. The minimum atomic E-state index is 0.839. The first-order chi connectivity index (χ1) is 16.7. The second-order valence-electron chi connectivity index (χ2n) is 8.28. The summed E-state index contributed by atoms with van der Waals surface area (Å²) in [6, 6.07) is 33.0. The lowest BCUT2D eigenvalue weighted by atomic mass is 9.89. The van der Waals surface area contributed by atoms with E-state index in [1.54, 1.807) is 0 Å². The lowest BCUT2D eigenvalue weighted by Gasteiger charge is -2.19. The number of benzene rings is 6. The van der Waals surface area contributed by atoms with E-state index in [1.807, 2.05) is 74.5 Å². The van der Waals surface area contributed by atoms with Crippen molar-refractivity contribution in [1.29, 1.82) is 0 Å². The SMILES string of the molecule is CC.Cc1cc(Oc2ccccc2)c2ccc3c(C)cc(Oc4ccccc4)c4ccc1c2c34. The maximum Gasteiger partial charge on any atom is 0.135 e. The van der Waals surface area contributed by atoms with Crippen LogP contribution in [0.15, 0.2) is 97.1 Å². The van der Waals surface area contributed by atoms with Crippen LogP contribution in [0.25, 0.3) is 32.3 Å². The van der Waals surface area contributed by atoms with Crippen LogP contribution in [-0.4, -0.2) is 0 Å². The summed E-state index contributed by atoms with van der Waals surface area (Å²) in [4.78, 5) is 0. The quantitative estimate of drug-likeness (QED) is 0.252. The molecular formula is C32H28O2. The van der Waals surface area contributed by atoms with Crippen LogP contribution in [0, 0.1) is 13.8 Å². The van der Waals surface area contributed by atoms with Crippen LogP contribution in [0.5, 0.6) is 23.0 Å². The number of para-hydroxylation sites is 2. The topological polar surface area (TPSA) is 18.5 Å². The molecule has 34 heavy (non-hydrogen) atoms. The van der Waals surface area contributed by atoms with E-state index in [9.17, 15) is 0 Å². The second-order valence-corrected chi connectivity index (χ2v) is 8.28. The lowest BCUT2D eigenvalue weighted by Crippen LogP contribution is -1.94. The summed E-state index contributed by atoms with van der Waals surface area (Å²) in [7, 11) is 0. The van der Waals surface area contributed by atoms with Crippen LogP contribution in [0.1, 0.15) is 25.0 Å². The summed E-state index contributed by atoms with van der Waals surface area (Å²) in [5, 5.41) is 7.18. The normalized spacial score (nSPS) is 10.9. The Hall–Kier alpha value is -4.04. The van der Waals surface area contributed by atoms with Crippen molar-refractivity contribution in [2.24, 2.45) is 0 Å². The van der Waals surface area contributed by atoms with Gasteiger partial charge in [0.15, 0.2) is 0 Å². The summed E-state index contributed by atoms with van der Waals surface area (Å²) in [5.74, 6) is 3.43. The van der Waals surface area contributed by atoms with E-state index in [4.69, 9.17) is 9.47 Å². The molecule has 0 aromatic heterocycles. The second kappa shape index (κ2) is 9.07. The zero-order chi connectivity index (χ0) is 23.7. The van der Waals surface area contributed by atoms with Gasteiger partial charge in [0.2, 0.25) is 0 Å². The smallest absolute Gasteiger partial charge is 0.135 e. The van der Waals surface area contributed by atoms with Crippen molar-refractivity contribution >= 4 is 32.3 Å². The maximum atomic E-state index is 6.34. The predicted molar refractivity (Wildman–Crippen MR) is 144 cm³/mol. The van der Waals surface area contributed by atoms with E-state index >= 15 is 0 Å². The van der Waals surface area contributed by atoms with Gasteiger partial charge in [-0.15, -0.1) is 0 Å². The van der Waals surface area contributed by atoms with Crippen molar-refractivity contribution in [2.75, 3.05) is 0 Å². The van der Waals surface area contributed by atoms with Gasteiger partial charge in [0, 0.05) is 21.5 Å². The molecule has 6 aromatic rings. The zero-order valence-corrected chi connectivity index (χ0v) is 20.1. The molecule has 168 valence electrons. The molecule has 6 rings (SSSR count). The van der Waals surface area contributed by atoms with Crippen molar-refractivity contribution in [3.63, 3.8) is 0 Å². The molecule has 0 fully saturated rings. The molecule has 0 saturated heterocycles. The highest BCUT2D eigenvalue weighted by molar-refractivity contribution is 6.26. The largest absolute Gasteiger partial charge is 0.457 e. The molecule has 0 aliphatic rings. The molecule has 0 bridgehead atoms. The molecule has 0 amide bonds. The first kappa shape index (κ1) is 21.8. The molecule has 0 spiro atoms. The molecule has 2 heteroatoms. The Morgan fingerprint density at radius 3 is 1.18 bits per heavy atom. The van der Waals surface area contributed by atoms with Crippen LogP contribution in [-0.2, 0) is 0 Å². The summed E-state index contributed by atoms with van der Waals surface area (Å²) < 4.78 is 12.7. The monoisotopic (exact) mass is 444 g/mol. The fraction of sp³-hybridized carbons (Fsp3) is 0.125. The Bertz CT molecular complexity index is 1450.